The van der Waals surface area contributed by atoms with Gasteiger partial charge in [-0.1, -0.05) is 24.3 Å². The van der Waals surface area contributed by atoms with Crippen LogP contribution in [0.15, 0.2) is 60.8 Å². The number of carbonyl (C=O) groups is 3. The molecular formula is C31H38N6O6. The number of unbranched alkanes of at least 4 members (excludes halogenated alkanes) is 1. The second kappa shape index (κ2) is 14.1. The molecule has 2 heterocycles. The van der Waals surface area contributed by atoms with Gasteiger partial charge in [-0.05, 0) is 61.7 Å². The minimum absolute atomic E-state index is 0.000725. The number of benzene rings is 2. The Balaban J connectivity index is 1.54. The zero-order valence-electron chi connectivity index (χ0n) is 24.4. The third-order valence-corrected chi connectivity index (χ3v) is 7.50. The Hall–Kier alpha value is -4.55. The number of amides is 2. The molecule has 0 radical (unpaired) electrons. The van der Waals surface area contributed by atoms with Gasteiger partial charge in [0, 0.05) is 67.2 Å². The number of fused-ring (bicyclic) bond motifs is 1. The topological polar surface area (TPSA) is 173 Å². The fraction of sp³-hybridized carbons (Fsp3) is 0.387. The standard InChI is InChI=1S/C31H38N6O6/c1-21(7-3-5-16-36-20-25(15-18-38)34-35-36)31(42)26-19-24(33-29(40)22-9-11-23(32)12-10-22)13-14-27(26)37(30(31)41)17-6-4-8-28(39)43-2/h3,7,9-14,19-21,38,42H,4-6,8,15-18,32H2,1-2H3,(H,33,40)/b7-3+/t21-,31+/m0/s1. The van der Waals surface area contributed by atoms with Crippen LogP contribution >= 0.6 is 0 Å². The molecule has 1 aliphatic rings. The van der Waals surface area contributed by atoms with Crippen molar-refractivity contribution < 1.29 is 29.3 Å². The second-order valence-electron chi connectivity index (χ2n) is 10.5. The second-order valence-corrected chi connectivity index (χ2v) is 10.5. The molecule has 12 nitrogen and oxygen atoms in total. The number of aliphatic hydroxyl groups excluding tert-OH is 1. The van der Waals surface area contributed by atoms with Crippen molar-refractivity contribution in [3.63, 3.8) is 0 Å². The van der Waals surface area contributed by atoms with Crippen LogP contribution in [0.3, 0.4) is 0 Å². The Labute approximate surface area is 250 Å². The number of allylic oxidation sites excluding steroid dienone is 1. The van der Waals surface area contributed by atoms with E-state index in [4.69, 9.17) is 15.6 Å². The summed E-state index contributed by atoms with van der Waals surface area (Å²) in [5, 5.41) is 32.0. The molecule has 1 aliphatic heterocycles. The summed E-state index contributed by atoms with van der Waals surface area (Å²) in [7, 11) is 1.34. The Morgan fingerprint density at radius 3 is 2.65 bits per heavy atom. The zero-order chi connectivity index (χ0) is 31.0. The number of hydrogen-bond acceptors (Lipinski definition) is 9. The molecule has 0 saturated carbocycles. The Kier molecular flexibility index (Phi) is 10.3. The largest absolute Gasteiger partial charge is 0.469 e. The van der Waals surface area contributed by atoms with Crippen molar-refractivity contribution in [1.82, 2.24) is 15.0 Å². The van der Waals surface area contributed by atoms with Crippen molar-refractivity contribution in [2.75, 3.05) is 36.2 Å². The number of rotatable bonds is 14. The van der Waals surface area contributed by atoms with Crippen LogP contribution in [0.4, 0.5) is 17.1 Å². The molecule has 0 bridgehead atoms. The predicted octanol–water partition coefficient (Wildman–Crippen LogP) is 2.81. The number of ether oxygens (including phenoxy) is 1. The fourth-order valence-electron chi connectivity index (χ4n) is 5.05. The molecule has 3 aromatic rings. The molecule has 2 amide bonds. The van der Waals surface area contributed by atoms with Crippen molar-refractivity contribution in [1.29, 1.82) is 0 Å². The number of aryl methyl sites for hydroxylation is 1. The molecule has 0 fully saturated rings. The highest BCUT2D eigenvalue weighted by Gasteiger charge is 2.52. The lowest BCUT2D eigenvalue weighted by Crippen LogP contribution is -2.44. The summed E-state index contributed by atoms with van der Waals surface area (Å²) >= 11 is 0. The van der Waals surface area contributed by atoms with E-state index in [9.17, 15) is 19.5 Å². The molecular weight excluding hydrogens is 552 g/mol. The summed E-state index contributed by atoms with van der Waals surface area (Å²) in [5.41, 5.74) is 6.89. The van der Waals surface area contributed by atoms with Gasteiger partial charge >= 0.3 is 5.97 Å². The number of methoxy groups -OCH3 is 1. The van der Waals surface area contributed by atoms with E-state index in [1.54, 1.807) is 71.2 Å². The van der Waals surface area contributed by atoms with Gasteiger partial charge in [0.1, 0.15) is 0 Å². The lowest BCUT2D eigenvalue weighted by Gasteiger charge is -2.28. The molecule has 12 heteroatoms. The first kappa shape index (κ1) is 31.4. The molecule has 5 N–H and O–H groups in total. The average Bonchev–Trinajstić information content (AvgIpc) is 3.54. The van der Waals surface area contributed by atoms with Crippen LogP contribution in [0.5, 0.6) is 0 Å². The van der Waals surface area contributed by atoms with Gasteiger partial charge < -0.3 is 30.9 Å². The molecule has 43 heavy (non-hydrogen) atoms. The highest BCUT2D eigenvalue weighted by atomic mass is 16.5. The van der Waals surface area contributed by atoms with E-state index >= 15 is 0 Å². The van der Waals surface area contributed by atoms with Crippen LogP contribution in [-0.4, -0.2) is 63.3 Å². The third-order valence-electron chi connectivity index (χ3n) is 7.50. The van der Waals surface area contributed by atoms with Gasteiger partial charge in [0.05, 0.1) is 18.5 Å². The lowest BCUT2D eigenvalue weighted by molar-refractivity contribution is -0.140. The van der Waals surface area contributed by atoms with Crippen molar-refractivity contribution in [3.8, 4) is 0 Å². The van der Waals surface area contributed by atoms with E-state index in [-0.39, 0.29) is 24.9 Å². The van der Waals surface area contributed by atoms with E-state index in [0.29, 0.717) is 72.7 Å². The fourth-order valence-corrected chi connectivity index (χ4v) is 5.05. The number of nitrogens with one attached hydrogen (secondary N) is 1. The molecule has 0 saturated heterocycles. The first-order chi connectivity index (χ1) is 20.7. The number of anilines is 3. The quantitative estimate of drug-likeness (QED) is 0.0953. The van der Waals surface area contributed by atoms with Crippen LogP contribution in [0, 0.1) is 5.92 Å². The van der Waals surface area contributed by atoms with Crippen molar-refractivity contribution in [2.45, 2.75) is 51.2 Å². The smallest absolute Gasteiger partial charge is 0.305 e. The maximum atomic E-state index is 13.8. The first-order valence-corrected chi connectivity index (χ1v) is 14.3. The summed E-state index contributed by atoms with van der Waals surface area (Å²) < 4.78 is 6.38. The minimum atomic E-state index is -1.88. The summed E-state index contributed by atoms with van der Waals surface area (Å²) in [4.78, 5) is 39.8. The summed E-state index contributed by atoms with van der Waals surface area (Å²) in [6.45, 7) is 2.62. The normalized spacial score (nSPS) is 16.8. The van der Waals surface area contributed by atoms with Gasteiger partial charge in [0.2, 0.25) is 0 Å². The van der Waals surface area contributed by atoms with Crippen LogP contribution in [-0.2, 0) is 32.9 Å². The number of hydrogen-bond donors (Lipinski definition) is 4. The SMILES string of the molecule is COC(=O)CCCCN1C(=O)[C@@](O)([C@@H](C)/C=C/CCn2cc(CCO)nn2)c2cc(NC(=O)c3ccc(N)cc3)ccc21. The number of nitrogens with two attached hydrogens (primary N) is 1. The number of nitrogen functional groups attached to an aromatic ring is 1. The van der Waals surface area contributed by atoms with Crippen molar-refractivity contribution in [2.24, 2.45) is 5.92 Å². The summed E-state index contributed by atoms with van der Waals surface area (Å²) in [6, 6.07) is 11.6. The highest BCUT2D eigenvalue weighted by Crippen LogP contribution is 2.46. The molecule has 1 aromatic heterocycles. The van der Waals surface area contributed by atoms with Gasteiger partial charge in [-0.2, -0.15) is 0 Å². The van der Waals surface area contributed by atoms with Gasteiger partial charge in [0.15, 0.2) is 5.60 Å². The number of nitrogens with zero attached hydrogens (tertiary/aromatic N) is 4. The van der Waals surface area contributed by atoms with E-state index in [0.717, 1.165) is 0 Å². The molecule has 0 spiro atoms. The van der Waals surface area contributed by atoms with Crippen LogP contribution in [0.25, 0.3) is 0 Å². The molecule has 4 rings (SSSR count). The Morgan fingerprint density at radius 1 is 1.16 bits per heavy atom. The molecule has 0 aliphatic carbocycles. The van der Waals surface area contributed by atoms with Crippen LogP contribution in [0.2, 0.25) is 0 Å². The maximum Gasteiger partial charge on any atom is 0.305 e. The number of aromatic nitrogens is 3. The van der Waals surface area contributed by atoms with Gasteiger partial charge in [0.25, 0.3) is 11.8 Å². The number of carbonyl (C=O) groups excluding carboxylic acids is 3. The van der Waals surface area contributed by atoms with Gasteiger partial charge in [-0.25, -0.2) is 0 Å². The summed E-state index contributed by atoms with van der Waals surface area (Å²) in [6.07, 6.45) is 7.77. The van der Waals surface area contributed by atoms with E-state index in [1.165, 1.54) is 7.11 Å². The molecule has 228 valence electrons. The molecule has 2 aromatic carbocycles. The lowest BCUT2D eigenvalue weighted by atomic mass is 9.82. The number of aliphatic hydroxyl groups is 2. The van der Waals surface area contributed by atoms with Crippen LogP contribution in [0.1, 0.15) is 54.2 Å². The number of esters is 1. The van der Waals surface area contributed by atoms with Gasteiger partial charge in [-0.3, -0.25) is 19.1 Å². The molecule has 2 atom stereocenters. The zero-order valence-corrected chi connectivity index (χ0v) is 24.4. The van der Waals surface area contributed by atoms with Crippen molar-refractivity contribution >= 4 is 34.8 Å². The first-order valence-electron chi connectivity index (χ1n) is 14.3. The van der Waals surface area contributed by atoms with E-state index in [2.05, 4.69) is 15.6 Å². The van der Waals surface area contributed by atoms with E-state index in [1.807, 2.05) is 6.08 Å². The minimum Gasteiger partial charge on any atom is -0.469 e. The van der Waals surface area contributed by atoms with Crippen LogP contribution < -0.4 is 16.0 Å². The Morgan fingerprint density at radius 2 is 1.93 bits per heavy atom. The van der Waals surface area contributed by atoms with E-state index < -0.39 is 17.4 Å². The average molecular weight is 591 g/mol. The Bertz CT molecular complexity index is 1470. The predicted molar refractivity (Wildman–Crippen MR) is 161 cm³/mol. The third kappa shape index (κ3) is 7.27. The maximum absolute atomic E-state index is 13.8. The van der Waals surface area contributed by atoms with Gasteiger partial charge in [-0.15, -0.1) is 5.10 Å². The summed E-state index contributed by atoms with van der Waals surface area (Å²) in [5.74, 6) is -1.75. The van der Waals surface area contributed by atoms with Crippen molar-refractivity contribution in [3.05, 3.63) is 77.6 Å². The highest BCUT2D eigenvalue weighted by molar-refractivity contribution is 6.09. The monoisotopic (exact) mass is 590 g/mol. The molecule has 0 unspecified atom stereocenters.